The molecular weight excluding hydrogens is 318 g/mol. The molecule has 0 unspecified atom stereocenters. The van der Waals surface area contributed by atoms with Crippen LogP contribution in [0, 0.1) is 6.92 Å². The molecule has 0 atom stereocenters. The van der Waals surface area contributed by atoms with Crippen molar-refractivity contribution in [3.8, 4) is 0 Å². The van der Waals surface area contributed by atoms with E-state index in [1.54, 1.807) is 23.4 Å². The highest BCUT2D eigenvalue weighted by Crippen LogP contribution is 2.34. The number of hydrogen-bond acceptors (Lipinski definition) is 4. The Hall–Kier alpha value is -2.66. The van der Waals surface area contributed by atoms with Crippen LogP contribution in [0.15, 0.2) is 71.3 Å². The molecule has 0 aliphatic carbocycles. The van der Waals surface area contributed by atoms with Crippen LogP contribution < -0.4 is 0 Å². The van der Waals surface area contributed by atoms with Crippen LogP contribution in [0.25, 0.3) is 6.08 Å². The lowest BCUT2D eigenvalue weighted by Crippen LogP contribution is -2.29. The van der Waals surface area contributed by atoms with E-state index in [0.29, 0.717) is 16.6 Å². The summed E-state index contributed by atoms with van der Waals surface area (Å²) >= 11 is 1.38. The van der Waals surface area contributed by atoms with Crippen LogP contribution in [0.1, 0.15) is 11.1 Å². The van der Waals surface area contributed by atoms with Gasteiger partial charge in [0.2, 0.25) is 0 Å². The molecule has 1 aliphatic rings. The molecule has 0 saturated carbocycles. The molecule has 0 spiro atoms. The largest absolute Gasteiger partial charge is 0.283 e. The molecule has 1 amide bonds. The zero-order valence-corrected chi connectivity index (χ0v) is 14.2. The Morgan fingerprint density at radius 1 is 1.29 bits per heavy atom. The standard InChI is InChI=1S/C19H17N3OS/c1-3-11-22-18(23)17(12-15-8-5-4-7-14(15)2)24-19(22)21-16-9-6-10-20-13-16/h3-10,12-13H,1,11H2,2H3/b17-12-,21-19?. The maximum Gasteiger partial charge on any atom is 0.267 e. The lowest BCUT2D eigenvalue weighted by Gasteiger charge is -2.12. The number of aryl methyl sites for hydroxylation is 1. The van der Waals surface area contributed by atoms with E-state index >= 15 is 0 Å². The predicted molar refractivity (Wildman–Crippen MR) is 100.0 cm³/mol. The summed E-state index contributed by atoms with van der Waals surface area (Å²) in [5, 5.41) is 0.646. The van der Waals surface area contributed by atoms with Crippen molar-refractivity contribution in [3.05, 3.63) is 77.5 Å². The molecule has 1 aromatic carbocycles. The van der Waals surface area contributed by atoms with Crippen molar-refractivity contribution >= 4 is 34.6 Å². The van der Waals surface area contributed by atoms with Gasteiger partial charge in [-0.2, -0.15) is 0 Å². The van der Waals surface area contributed by atoms with Crippen molar-refractivity contribution in [1.82, 2.24) is 9.88 Å². The summed E-state index contributed by atoms with van der Waals surface area (Å²) in [6.45, 7) is 6.19. The first-order chi connectivity index (χ1) is 11.7. The topological polar surface area (TPSA) is 45.6 Å². The molecule has 0 radical (unpaired) electrons. The van der Waals surface area contributed by atoms with Gasteiger partial charge < -0.3 is 0 Å². The fourth-order valence-electron chi connectivity index (χ4n) is 2.30. The maximum absolute atomic E-state index is 12.7. The number of amidine groups is 1. The van der Waals surface area contributed by atoms with Crippen molar-refractivity contribution in [2.24, 2.45) is 4.99 Å². The fraction of sp³-hybridized carbons (Fsp3) is 0.105. The smallest absolute Gasteiger partial charge is 0.267 e. The van der Waals surface area contributed by atoms with E-state index in [4.69, 9.17) is 0 Å². The van der Waals surface area contributed by atoms with Gasteiger partial charge in [0.25, 0.3) is 5.91 Å². The summed E-state index contributed by atoms with van der Waals surface area (Å²) in [4.78, 5) is 23.6. The normalized spacial score (nSPS) is 17.7. The molecule has 0 N–H and O–H groups in total. The van der Waals surface area contributed by atoms with Gasteiger partial charge >= 0.3 is 0 Å². The van der Waals surface area contributed by atoms with Crippen molar-refractivity contribution < 1.29 is 4.79 Å². The van der Waals surface area contributed by atoms with E-state index in [9.17, 15) is 4.79 Å². The van der Waals surface area contributed by atoms with Crippen molar-refractivity contribution in [1.29, 1.82) is 0 Å². The van der Waals surface area contributed by atoms with Crippen LogP contribution >= 0.6 is 11.8 Å². The van der Waals surface area contributed by atoms with Gasteiger partial charge in [-0.05, 0) is 48.0 Å². The molecule has 2 heterocycles. The number of aromatic nitrogens is 1. The summed E-state index contributed by atoms with van der Waals surface area (Å²) in [6, 6.07) is 11.7. The van der Waals surface area contributed by atoms with Crippen LogP contribution in [0.3, 0.4) is 0 Å². The minimum absolute atomic E-state index is 0.0502. The van der Waals surface area contributed by atoms with Gasteiger partial charge in [0.05, 0.1) is 16.8 Å². The number of nitrogens with zero attached hydrogens (tertiary/aromatic N) is 3. The monoisotopic (exact) mass is 335 g/mol. The number of amides is 1. The average molecular weight is 335 g/mol. The number of thioether (sulfide) groups is 1. The second-order valence-electron chi connectivity index (χ2n) is 5.28. The van der Waals surface area contributed by atoms with Crippen LogP contribution in [0.5, 0.6) is 0 Å². The first kappa shape index (κ1) is 16.2. The van der Waals surface area contributed by atoms with Gasteiger partial charge in [-0.15, -0.1) is 6.58 Å². The molecule has 0 bridgehead atoms. The number of pyridine rings is 1. The van der Waals surface area contributed by atoms with E-state index in [1.807, 2.05) is 49.4 Å². The average Bonchev–Trinajstić information content (AvgIpc) is 2.87. The lowest BCUT2D eigenvalue weighted by molar-refractivity contribution is -0.121. The first-order valence-corrected chi connectivity index (χ1v) is 8.37. The Morgan fingerprint density at radius 2 is 2.12 bits per heavy atom. The number of benzene rings is 1. The summed E-state index contributed by atoms with van der Waals surface area (Å²) < 4.78 is 0. The Labute approximate surface area is 145 Å². The Bertz CT molecular complexity index is 828. The molecule has 4 nitrogen and oxygen atoms in total. The zero-order chi connectivity index (χ0) is 16.9. The highest BCUT2D eigenvalue weighted by molar-refractivity contribution is 8.18. The Morgan fingerprint density at radius 3 is 2.83 bits per heavy atom. The summed E-state index contributed by atoms with van der Waals surface area (Å²) in [5.74, 6) is -0.0502. The third-order valence-corrected chi connectivity index (χ3v) is 4.55. The zero-order valence-electron chi connectivity index (χ0n) is 13.3. The molecule has 1 aromatic heterocycles. The number of rotatable bonds is 4. The minimum Gasteiger partial charge on any atom is -0.283 e. The molecular formula is C19H17N3OS. The first-order valence-electron chi connectivity index (χ1n) is 7.55. The predicted octanol–water partition coefficient (Wildman–Crippen LogP) is 4.18. The van der Waals surface area contributed by atoms with Crippen molar-refractivity contribution in [3.63, 3.8) is 0 Å². The maximum atomic E-state index is 12.7. The molecule has 5 heteroatoms. The van der Waals surface area contributed by atoms with Crippen LogP contribution in [0.4, 0.5) is 5.69 Å². The number of aliphatic imine (C=N–C) groups is 1. The van der Waals surface area contributed by atoms with Gasteiger partial charge in [-0.3, -0.25) is 14.7 Å². The van der Waals surface area contributed by atoms with E-state index in [0.717, 1.165) is 16.8 Å². The molecule has 120 valence electrons. The lowest BCUT2D eigenvalue weighted by atomic mass is 10.1. The van der Waals surface area contributed by atoms with Crippen LogP contribution in [0.2, 0.25) is 0 Å². The second kappa shape index (κ2) is 7.27. The number of carbonyl (C=O) groups excluding carboxylic acids is 1. The number of hydrogen-bond donors (Lipinski definition) is 0. The van der Waals surface area contributed by atoms with Crippen LogP contribution in [-0.4, -0.2) is 27.5 Å². The highest BCUT2D eigenvalue weighted by atomic mass is 32.2. The van der Waals surface area contributed by atoms with E-state index in [1.165, 1.54) is 11.8 Å². The van der Waals surface area contributed by atoms with E-state index in [-0.39, 0.29) is 5.91 Å². The molecule has 1 fully saturated rings. The van der Waals surface area contributed by atoms with Gasteiger partial charge in [-0.1, -0.05) is 30.3 Å². The van der Waals surface area contributed by atoms with Gasteiger partial charge in [0, 0.05) is 12.7 Å². The summed E-state index contributed by atoms with van der Waals surface area (Å²) in [5.41, 5.74) is 2.89. The molecule has 1 aliphatic heterocycles. The van der Waals surface area contributed by atoms with Gasteiger partial charge in [0.1, 0.15) is 0 Å². The number of carbonyl (C=O) groups is 1. The third kappa shape index (κ3) is 3.46. The Kier molecular flexibility index (Phi) is 4.91. The van der Waals surface area contributed by atoms with Gasteiger partial charge in [0.15, 0.2) is 5.17 Å². The molecule has 2 aromatic rings. The van der Waals surface area contributed by atoms with Crippen LogP contribution in [-0.2, 0) is 4.79 Å². The second-order valence-corrected chi connectivity index (χ2v) is 6.29. The van der Waals surface area contributed by atoms with Gasteiger partial charge in [-0.25, -0.2) is 4.99 Å². The van der Waals surface area contributed by atoms with Crippen molar-refractivity contribution in [2.45, 2.75) is 6.92 Å². The molecule has 1 saturated heterocycles. The fourth-order valence-corrected chi connectivity index (χ4v) is 3.30. The molecule has 3 rings (SSSR count). The van der Waals surface area contributed by atoms with E-state index < -0.39 is 0 Å². The quantitative estimate of drug-likeness (QED) is 0.622. The SMILES string of the molecule is C=CCN1C(=O)/C(=C/c2ccccc2C)SC1=Nc1cccnc1. The molecule has 24 heavy (non-hydrogen) atoms. The van der Waals surface area contributed by atoms with E-state index in [2.05, 4.69) is 16.6 Å². The van der Waals surface area contributed by atoms with Crippen molar-refractivity contribution in [2.75, 3.05) is 6.54 Å². The minimum atomic E-state index is -0.0502. The summed E-state index contributed by atoms with van der Waals surface area (Å²) in [7, 11) is 0. The third-order valence-electron chi connectivity index (χ3n) is 3.55. The highest BCUT2D eigenvalue weighted by Gasteiger charge is 2.32. The Balaban J connectivity index is 1.97. The summed E-state index contributed by atoms with van der Waals surface area (Å²) in [6.07, 6.45) is 6.99.